The monoisotopic (exact) mass is 376 g/mol. The van der Waals surface area contributed by atoms with E-state index in [-0.39, 0.29) is 11.7 Å². The zero-order valence-electron chi connectivity index (χ0n) is 15.2. The Kier molecular flexibility index (Phi) is 7.84. The number of thioether (sulfide) groups is 1. The molecule has 0 atom stereocenters. The third kappa shape index (κ3) is 5.98. The van der Waals surface area contributed by atoms with E-state index < -0.39 is 0 Å². The maximum atomic E-state index is 13.8. The number of benzene rings is 1. The quantitative estimate of drug-likeness (QED) is 0.504. The molecule has 0 radical (unpaired) electrons. The summed E-state index contributed by atoms with van der Waals surface area (Å²) in [4.78, 5) is 11.8. The van der Waals surface area contributed by atoms with Gasteiger partial charge in [-0.05, 0) is 24.0 Å². The molecule has 0 aliphatic carbocycles. The number of rotatable bonds is 10. The third-order valence-corrected chi connectivity index (χ3v) is 4.69. The fraction of sp³-hybridized carbons (Fsp3) is 0.421. The van der Waals surface area contributed by atoms with E-state index in [4.69, 9.17) is 0 Å². The second-order valence-corrected chi connectivity index (χ2v) is 7.33. The molecule has 1 heterocycles. The van der Waals surface area contributed by atoms with E-state index >= 15 is 0 Å². The van der Waals surface area contributed by atoms with Crippen molar-refractivity contribution in [3.8, 4) is 0 Å². The molecule has 1 aromatic carbocycles. The van der Waals surface area contributed by atoms with Crippen molar-refractivity contribution in [2.45, 2.75) is 50.7 Å². The van der Waals surface area contributed by atoms with Crippen LogP contribution in [0, 0.1) is 11.7 Å². The van der Waals surface area contributed by atoms with Crippen molar-refractivity contribution in [3.05, 3.63) is 54.1 Å². The van der Waals surface area contributed by atoms with E-state index in [2.05, 4.69) is 35.9 Å². The van der Waals surface area contributed by atoms with Crippen LogP contribution in [0.25, 0.3) is 0 Å². The normalized spacial score (nSPS) is 10.9. The molecule has 2 aromatic rings. The first-order chi connectivity index (χ1) is 12.5. The van der Waals surface area contributed by atoms with Gasteiger partial charge in [-0.15, -0.1) is 16.8 Å². The SMILES string of the molecule is C=CCCC(=O)NCc1nnc(SCc2ccccc2F)n1CC(C)C. The second kappa shape index (κ2) is 10.1. The Morgan fingerprint density at radius 3 is 2.85 bits per heavy atom. The Balaban J connectivity index is 2.06. The summed E-state index contributed by atoms with van der Waals surface area (Å²) in [6.07, 6.45) is 2.78. The van der Waals surface area contributed by atoms with Crippen LogP contribution in [0.5, 0.6) is 0 Å². The standard InChI is InChI=1S/C19H25FN4OS/c1-4-5-10-18(25)21-11-17-22-23-19(24(17)12-14(2)3)26-13-15-8-6-7-9-16(15)20/h4,6-9,14H,1,5,10-13H2,2-3H3,(H,21,25). The first-order valence-electron chi connectivity index (χ1n) is 8.67. The van der Waals surface area contributed by atoms with E-state index in [0.29, 0.717) is 42.4 Å². The van der Waals surface area contributed by atoms with E-state index in [9.17, 15) is 9.18 Å². The van der Waals surface area contributed by atoms with Crippen molar-refractivity contribution in [2.75, 3.05) is 0 Å². The number of nitrogens with zero attached hydrogens (tertiary/aromatic N) is 3. The molecule has 0 spiro atoms. The molecular formula is C19H25FN4OS. The number of carbonyl (C=O) groups is 1. The number of nitrogens with one attached hydrogen (secondary N) is 1. The van der Waals surface area contributed by atoms with Gasteiger partial charge in [-0.3, -0.25) is 4.79 Å². The molecule has 0 aliphatic heterocycles. The van der Waals surface area contributed by atoms with Gasteiger partial charge in [0.2, 0.25) is 5.91 Å². The van der Waals surface area contributed by atoms with Crippen LogP contribution in [-0.4, -0.2) is 20.7 Å². The highest BCUT2D eigenvalue weighted by Crippen LogP contribution is 2.24. The van der Waals surface area contributed by atoms with Crippen LogP contribution in [0.15, 0.2) is 42.1 Å². The highest BCUT2D eigenvalue weighted by atomic mass is 32.2. The molecule has 140 valence electrons. The number of hydrogen-bond donors (Lipinski definition) is 1. The lowest BCUT2D eigenvalue weighted by Crippen LogP contribution is -2.25. The zero-order valence-corrected chi connectivity index (χ0v) is 16.1. The Morgan fingerprint density at radius 2 is 2.15 bits per heavy atom. The average molecular weight is 377 g/mol. The first kappa shape index (κ1) is 20.2. The molecule has 0 unspecified atom stereocenters. The van der Waals surface area contributed by atoms with Crippen LogP contribution in [0.1, 0.15) is 38.1 Å². The smallest absolute Gasteiger partial charge is 0.220 e. The topological polar surface area (TPSA) is 59.8 Å². The number of hydrogen-bond acceptors (Lipinski definition) is 4. The van der Waals surface area contributed by atoms with Gasteiger partial charge in [-0.2, -0.15) is 0 Å². The number of halogens is 1. The van der Waals surface area contributed by atoms with E-state index in [1.54, 1.807) is 18.2 Å². The number of aromatic nitrogens is 3. The second-order valence-electron chi connectivity index (χ2n) is 6.39. The molecule has 5 nitrogen and oxygen atoms in total. The Bertz CT molecular complexity index is 745. The van der Waals surface area contributed by atoms with Crippen LogP contribution in [0.3, 0.4) is 0 Å². The van der Waals surface area contributed by atoms with Crippen molar-refractivity contribution in [1.82, 2.24) is 20.1 Å². The molecule has 0 saturated heterocycles. The lowest BCUT2D eigenvalue weighted by Gasteiger charge is -2.13. The Hall–Kier alpha value is -2.15. The highest BCUT2D eigenvalue weighted by Gasteiger charge is 2.15. The predicted octanol–water partition coefficient (Wildman–Crippen LogP) is 3.95. The van der Waals surface area contributed by atoms with Gasteiger partial charge in [-0.25, -0.2) is 4.39 Å². The van der Waals surface area contributed by atoms with Gasteiger partial charge in [0.25, 0.3) is 0 Å². The van der Waals surface area contributed by atoms with Gasteiger partial charge in [0.1, 0.15) is 5.82 Å². The molecule has 0 saturated carbocycles. The number of amides is 1. The van der Waals surface area contributed by atoms with Gasteiger partial charge in [0.05, 0.1) is 6.54 Å². The maximum absolute atomic E-state index is 13.8. The van der Waals surface area contributed by atoms with Crippen molar-refractivity contribution >= 4 is 17.7 Å². The minimum atomic E-state index is -0.218. The Labute approximate surface area is 158 Å². The van der Waals surface area contributed by atoms with E-state index in [1.807, 2.05) is 10.6 Å². The highest BCUT2D eigenvalue weighted by molar-refractivity contribution is 7.98. The summed E-state index contributed by atoms with van der Waals surface area (Å²) in [6.45, 7) is 8.90. The number of allylic oxidation sites excluding steroid dienone is 1. The summed E-state index contributed by atoms with van der Waals surface area (Å²) in [5.74, 6) is 1.33. The lowest BCUT2D eigenvalue weighted by atomic mass is 10.2. The molecule has 0 aliphatic rings. The van der Waals surface area contributed by atoms with Gasteiger partial charge < -0.3 is 9.88 Å². The van der Waals surface area contributed by atoms with Crippen LogP contribution < -0.4 is 5.32 Å². The van der Waals surface area contributed by atoms with Crippen LogP contribution in [0.4, 0.5) is 4.39 Å². The molecule has 2 rings (SSSR count). The fourth-order valence-corrected chi connectivity index (χ4v) is 3.32. The maximum Gasteiger partial charge on any atom is 0.220 e. The summed E-state index contributed by atoms with van der Waals surface area (Å²) < 4.78 is 15.8. The van der Waals surface area contributed by atoms with Crippen molar-refractivity contribution in [1.29, 1.82) is 0 Å². The Morgan fingerprint density at radius 1 is 1.38 bits per heavy atom. The van der Waals surface area contributed by atoms with Gasteiger partial charge in [-0.1, -0.05) is 49.9 Å². The lowest BCUT2D eigenvalue weighted by molar-refractivity contribution is -0.121. The summed E-state index contributed by atoms with van der Waals surface area (Å²) in [6, 6.07) is 6.73. The first-order valence-corrected chi connectivity index (χ1v) is 9.65. The zero-order chi connectivity index (χ0) is 18.9. The largest absolute Gasteiger partial charge is 0.349 e. The summed E-state index contributed by atoms with van der Waals surface area (Å²) in [5, 5.41) is 12.1. The predicted molar refractivity (Wildman–Crippen MR) is 102 cm³/mol. The number of carbonyl (C=O) groups excluding carboxylic acids is 1. The summed E-state index contributed by atoms with van der Waals surface area (Å²) in [7, 11) is 0. The van der Waals surface area contributed by atoms with Crippen molar-refractivity contribution < 1.29 is 9.18 Å². The minimum Gasteiger partial charge on any atom is -0.349 e. The molecule has 26 heavy (non-hydrogen) atoms. The minimum absolute atomic E-state index is 0.0374. The fourth-order valence-electron chi connectivity index (χ4n) is 2.36. The van der Waals surface area contributed by atoms with Gasteiger partial charge in [0, 0.05) is 18.7 Å². The van der Waals surface area contributed by atoms with E-state index in [1.165, 1.54) is 17.8 Å². The molecule has 1 N–H and O–H groups in total. The molecule has 1 aromatic heterocycles. The van der Waals surface area contributed by atoms with Crippen molar-refractivity contribution in [3.63, 3.8) is 0 Å². The van der Waals surface area contributed by atoms with E-state index in [0.717, 1.165) is 11.7 Å². The van der Waals surface area contributed by atoms with Gasteiger partial charge in [0.15, 0.2) is 11.0 Å². The van der Waals surface area contributed by atoms with Crippen LogP contribution >= 0.6 is 11.8 Å². The molecule has 0 fully saturated rings. The van der Waals surface area contributed by atoms with Crippen molar-refractivity contribution in [2.24, 2.45) is 5.92 Å². The summed E-state index contributed by atoms with van der Waals surface area (Å²) >= 11 is 1.45. The average Bonchev–Trinajstić information content (AvgIpc) is 2.98. The molecular weight excluding hydrogens is 351 g/mol. The van der Waals surface area contributed by atoms with Crippen LogP contribution in [-0.2, 0) is 23.6 Å². The molecule has 7 heteroatoms. The molecule has 0 bridgehead atoms. The molecule has 1 amide bonds. The van der Waals surface area contributed by atoms with Gasteiger partial charge >= 0.3 is 0 Å². The third-order valence-electron chi connectivity index (χ3n) is 3.67. The van der Waals surface area contributed by atoms with Crippen LogP contribution in [0.2, 0.25) is 0 Å². The summed E-state index contributed by atoms with van der Waals surface area (Å²) in [5.41, 5.74) is 0.635.